The Labute approximate surface area is 198 Å². The van der Waals surface area contributed by atoms with Gasteiger partial charge in [0, 0.05) is 19.6 Å². The fourth-order valence-corrected chi connectivity index (χ4v) is 5.05. The minimum atomic E-state index is -1.46. The number of methoxy groups -OCH3 is 1. The number of hydrogen-bond donors (Lipinski definition) is 2. The molecule has 0 saturated carbocycles. The predicted molar refractivity (Wildman–Crippen MR) is 125 cm³/mol. The molecule has 0 radical (unpaired) electrons. The number of alkyl carbamates (subject to hydrolysis) is 1. The predicted octanol–water partition coefficient (Wildman–Crippen LogP) is 3.40. The van der Waals surface area contributed by atoms with Crippen LogP contribution in [0.15, 0.2) is 48.5 Å². The first-order chi connectivity index (χ1) is 16.4. The Morgan fingerprint density at radius 1 is 1.06 bits per heavy atom. The summed E-state index contributed by atoms with van der Waals surface area (Å²) in [5, 5.41) is 12.2. The molecule has 2 N–H and O–H groups in total. The third-order valence-corrected chi connectivity index (χ3v) is 6.68. The number of carboxylic acid groups (broad SMARTS) is 1. The van der Waals surface area contributed by atoms with Crippen LogP contribution in [0.5, 0.6) is 0 Å². The molecular weight excluding hydrogens is 436 g/mol. The topological polar surface area (TPSA) is 105 Å². The highest BCUT2D eigenvalue weighted by molar-refractivity contribution is 5.92. The number of nitrogens with one attached hydrogen (secondary N) is 1. The van der Waals surface area contributed by atoms with Gasteiger partial charge in [0.25, 0.3) is 5.91 Å². The molecule has 1 saturated heterocycles. The Kier molecular flexibility index (Phi) is 6.88. The van der Waals surface area contributed by atoms with E-state index in [2.05, 4.69) is 17.4 Å². The minimum Gasteiger partial charge on any atom is -0.480 e. The van der Waals surface area contributed by atoms with Gasteiger partial charge in [0.15, 0.2) is 0 Å². The van der Waals surface area contributed by atoms with Crippen molar-refractivity contribution in [3.63, 3.8) is 0 Å². The van der Waals surface area contributed by atoms with E-state index < -0.39 is 29.6 Å². The maximum atomic E-state index is 13.4. The van der Waals surface area contributed by atoms with Gasteiger partial charge in [-0.3, -0.25) is 4.79 Å². The third-order valence-electron chi connectivity index (χ3n) is 6.68. The van der Waals surface area contributed by atoms with Crippen molar-refractivity contribution in [3.05, 3.63) is 59.7 Å². The molecule has 0 spiro atoms. The number of fused-ring (bicyclic) bond motifs is 3. The molecule has 180 valence electrons. The van der Waals surface area contributed by atoms with Crippen molar-refractivity contribution in [2.45, 2.75) is 43.7 Å². The summed E-state index contributed by atoms with van der Waals surface area (Å²) in [4.78, 5) is 39.2. The van der Waals surface area contributed by atoms with Gasteiger partial charge < -0.3 is 24.8 Å². The van der Waals surface area contributed by atoms with Gasteiger partial charge in [-0.2, -0.15) is 0 Å². The van der Waals surface area contributed by atoms with Crippen molar-refractivity contribution in [3.8, 4) is 11.1 Å². The summed E-state index contributed by atoms with van der Waals surface area (Å²) in [5.41, 5.74) is 2.96. The molecule has 8 nitrogen and oxygen atoms in total. The second-order valence-electron chi connectivity index (χ2n) is 9.06. The largest absolute Gasteiger partial charge is 0.480 e. The van der Waals surface area contributed by atoms with Crippen molar-refractivity contribution in [1.82, 2.24) is 10.2 Å². The van der Waals surface area contributed by atoms with Gasteiger partial charge in [-0.25, -0.2) is 9.59 Å². The lowest BCUT2D eigenvalue weighted by Crippen LogP contribution is -2.63. The molecule has 0 bridgehead atoms. The number of nitrogens with zero attached hydrogens (tertiary/aromatic N) is 1. The van der Waals surface area contributed by atoms with Gasteiger partial charge in [-0.1, -0.05) is 48.5 Å². The van der Waals surface area contributed by atoms with Crippen molar-refractivity contribution < 1.29 is 29.0 Å². The number of carboxylic acids is 1. The number of hydrogen-bond acceptors (Lipinski definition) is 5. The fourth-order valence-electron chi connectivity index (χ4n) is 5.05. The smallest absolute Gasteiger partial charge is 0.408 e. The first kappa shape index (κ1) is 23.8. The molecule has 0 aromatic heterocycles. The standard InChI is InChI=1S/C26H30N2O6/c1-26(16-33-2,24(31)28-14-8-7-13-22(28)23(29)30)27-25(32)34-15-21-19-11-5-3-9-17(19)18-10-4-6-12-20(18)21/h3-6,9-12,21-22H,7-8,13-16H2,1-2H3,(H,27,32)(H,29,30)/t22-,26?/m1/s1. The molecule has 1 aliphatic carbocycles. The quantitative estimate of drug-likeness (QED) is 0.648. The first-order valence-corrected chi connectivity index (χ1v) is 11.5. The van der Waals surface area contributed by atoms with E-state index in [9.17, 15) is 19.5 Å². The number of carbonyl (C=O) groups excluding carboxylic acids is 2. The van der Waals surface area contributed by atoms with Gasteiger partial charge in [-0.15, -0.1) is 0 Å². The molecule has 2 atom stereocenters. The van der Waals surface area contributed by atoms with Crippen LogP contribution in [0.1, 0.15) is 43.2 Å². The van der Waals surface area contributed by atoms with E-state index in [1.54, 1.807) is 0 Å². The summed E-state index contributed by atoms with van der Waals surface area (Å²) in [6.07, 6.45) is 1.08. The van der Waals surface area contributed by atoms with E-state index in [4.69, 9.17) is 9.47 Å². The maximum absolute atomic E-state index is 13.4. The summed E-state index contributed by atoms with van der Waals surface area (Å²) < 4.78 is 10.8. The molecule has 34 heavy (non-hydrogen) atoms. The van der Waals surface area contributed by atoms with Gasteiger partial charge in [0.2, 0.25) is 0 Å². The van der Waals surface area contributed by atoms with Crippen LogP contribution in [0.2, 0.25) is 0 Å². The second-order valence-corrected chi connectivity index (χ2v) is 9.06. The molecular formula is C26H30N2O6. The van der Waals surface area contributed by atoms with Crippen molar-refractivity contribution in [2.75, 3.05) is 26.9 Å². The molecule has 1 unspecified atom stereocenters. The average Bonchev–Trinajstić information content (AvgIpc) is 3.16. The van der Waals surface area contributed by atoms with Crippen LogP contribution >= 0.6 is 0 Å². The van der Waals surface area contributed by atoms with Gasteiger partial charge in [0.1, 0.15) is 18.2 Å². The van der Waals surface area contributed by atoms with Crippen LogP contribution in [-0.2, 0) is 19.1 Å². The maximum Gasteiger partial charge on any atom is 0.408 e. The summed E-state index contributed by atoms with van der Waals surface area (Å²) in [7, 11) is 1.43. The van der Waals surface area contributed by atoms with Crippen molar-refractivity contribution >= 4 is 18.0 Å². The highest BCUT2D eigenvalue weighted by atomic mass is 16.5. The number of piperidine rings is 1. The molecule has 2 amide bonds. The van der Waals surface area contributed by atoms with E-state index in [1.165, 1.54) is 18.9 Å². The number of likely N-dealkylation sites (tertiary alicyclic amines) is 1. The van der Waals surface area contributed by atoms with E-state index in [0.29, 0.717) is 19.4 Å². The SMILES string of the molecule is COCC(C)(NC(=O)OCC1c2ccccc2-c2ccccc21)C(=O)N1CCCC[C@@H]1C(=O)O. The Bertz CT molecular complexity index is 1040. The van der Waals surface area contributed by atoms with E-state index in [1.807, 2.05) is 36.4 Å². The first-order valence-electron chi connectivity index (χ1n) is 11.5. The van der Waals surface area contributed by atoms with Crippen LogP contribution in [0, 0.1) is 0 Å². The molecule has 1 fully saturated rings. The summed E-state index contributed by atoms with van der Waals surface area (Å²) in [6, 6.07) is 15.1. The van der Waals surface area contributed by atoms with Crippen LogP contribution in [0.25, 0.3) is 11.1 Å². The zero-order chi connectivity index (χ0) is 24.3. The van der Waals surface area contributed by atoms with Crippen LogP contribution < -0.4 is 5.32 Å². The zero-order valence-electron chi connectivity index (χ0n) is 19.5. The lowest BCUT2D eigenvalue weighted by Gasteiger charge is -2.39. The molecule has 2 aromatic carbocycles. The number of benzene rings is 2. The monoisotopic (exact) mass is 466 g/mol. The summed E-state index contributed by atoms with van der Waals surface area (Å²) in [5.74, 6) is -1.65. The normalized spacial score (nSPS) is 19.0. The van der Waals surface area contributed by atoms with Crippen LogP contribution in [0.3, 0.4) is 0 Å². The number of ether oxygens (including phenoxy) is 2. The molecule has 8 heteroatoms. The Hall–Kier alpha value is -3.39. The molecule has 2 aliphatic rings. The summed E-state index contributed by atoms with van der Waals surface area (Å²) in [6.45, 7) is 1.85. The van der Waals surface area contributed by atoms with Crippen LogP contribution in [0.4, 0.5) is 4.79 Å². The molecule has 1 heterocycles. The second kappa shape index (κ2) is 9.85. The van der Waals surface area contributed by atoms with E-state index in [0.717, 1.165) is 28.7 Å². The highest BCUT2D eigenvalue weighted by Gasteiger charge is 2.43. The molecule has 2 aromatic rings. The molecule has 1 aliphatic heterocycles. The Morgan fingerprint density at radius 2 is 1.68 bits per heavy atom. The Balaban J connectivity index is 1.47. The minimum absolute atomic E-state index is 0.110. The van der Waals surface area contributed by atoms with E-state index >= 15 is 0 Å². The van der Waals surface area contributed by atoms with E-state index in [-0.39, 0.29) is 19.1 Å². The van der Waals surface area contributed by atoms with Gasteiger partial charge >= 0.3 is 12.1 Å². The zero-order valence-corrected chi connectivity index (χ0v) is 19.5. The fraction of sp³-hybridized carbons (Fsp3) is 0.423. The van der Waals surface area contributed by atoms with Crippen molar-refractivity contribution in [1.29, 1.82) is 0 Å². The van der Waals surface area contributed by atoms with Crippen LogP contribution in [-0.4, -0.2) is 66.4 Å². The Morgan fingerprint density at radius 3 is 2.26 bits per heavy atom. The number of amides is 2. The highest BCUT2D eigenvalue weighted by Crippen LogP contribution is 2.44. The molecule has 4 rings (SSSR count). The number of carbonyl (C=O) groups is 3. The van der Waals surface area contributed by atoms with Gasteiger partial charge in [0.05, 0.1) is 6.61 Å². The van der Waals surface area contributed by atoms with Gasteiger partial charge in [-0.05, 0) is 48.4 Å². The number of rotatable bonds is 7. The third kappa shape index (κ3) is 4.50. The van der Waals surface area contributed by atoms with Crippen molar-refractivity contribution in [2.24, 2.45) is 0 Å². The lowest BCUT2D eigenvalue weighted by molar-refractivity contribution is -0.156. The number of aliphatic carboxylic acids is 1. The average molecular weight is 467 g/mol. The summed E-state index contributed by atoms with van der Waals surface area (Å²) >= 11 is 0. The lowest BCUT2D eigenvalue weighted by atomic mass is 9.95.